The average Bonchev–Trinajstić information content (AvgIpc) is 2.38. The fraction of sp³-hybridized carbons (Fsp3) is 0.267. The van der Waals surface area contributed by atoms with Gasteiger partial charge in [0.1, 0.15) is 0 Å². The minimum atomic E-state index is -0.451. The van der Waals surface area contributed by atoms with Gasteiger partial charge in [0.15, 0.2) is 5.82 Å². The smallest absolute Gasteiger partial charge is 0.248 e. The second kappa shape index (κ2) is 4.80. The summed E-state index contributed by atoms with van der Waals surface area (Å²) >= 11 is 0. The summed E-state index contributed by atoms with van der Waals surface area (Å²) in [5.41, 5.74) is 7.60. The number of nitrogens with two attached hydrogens (primary N) is 1. The molecule has 0 aliphatic carbocycles. The SMILES string of the molecule is CC(C)(C)c1cnc(-c2cccc(C(N)=O)c2)nc1. The maximum atomic E-state index is 11.2. The van der Waals surface area contributed by atoms with Gasteiger partial charge in [-0.2, -0.15) is 0 Å². The Balaban J connectivity index is 2.37. The number of rotatable bonds is 2. The molecule has 19 heavy (non-hydrogen) atoms. The van der Waals surface area contributed by atoms with E-state index in [1.54, 1.807) is 18.2 Å². The van der Waals surface area contributed by atoms with Gasteiger partial charge in [0.2, 0.25) is 5.91 Å². The fourth-order valence-corrected chi connectivity index (χ4v) is 1.68. The van der Waals surface area contributed by atoms with Crippen LogP contribution in [0.3, 0.4) is 0 Å². The van der Waals surface area contributed by atoms with Gasteiger partial charge in [-0.25, -0.2) is 9.97 Å². The van der Waals surface area contributed by atoms with E-state index in [0.29, 0.717) is 11.4 Å². The molecule has 0 atom stereocenters. The Labute approximate surface area is 112 Å². The zero-order valence-electron chi connectivity index (χ0n) is 11.3. The highest BCUT2D eigenvalue weighted by Crippen LogP contribution is 2.22. The molecule has 0 fully saturated rings. The van der Waals surface area contributed by atoms with Gasteiger partial charge in [-0.15, -0.1) is 0 Å². The lowest BCUT2D eigenvalue weighted by Gasteiger charge is -2.17. The van der Waals surface area contributed by atoms with Gasteiger partial charge in [-0.3, -0.25) is 4.79 Å². The average molecular weight is 255 g/mol. The molecule has 2 rings (SSSR count). The van der Waals surface area contributed by atoms with Gasteiger partial charge >= 0.3 is 0 Å². The van der Waals surface area contributed by atoms with Crippen LogP contribution < -0.4 is 5.73 Å². The first-order chi connectivity index (χ1) is 8.88. The maximum absolute atomic E-state index is 11.2. The Morgan fingerprint density at radius 3 is 2.32 bits per heavy atom. The van der Waals surface area contributed by atoms with Crippen LogP contribution in [-0.4, -0.2) is 15.9 Å². The Morgan fingerprint density at radius 2 is 1.79 bits per heavy atom. The number of carbonyl (C=O) groups is 1. The highest BCUT2D eigenvalue weighted by atomic mass is 16.1. The number of benzene rings is 1. The van der Waals surface area contributed by atoms with Crippen molar-refractivity contribution in [3.63, 3.8) is 0 Å². The van der Waals surface area contributed by atoms with E-state index in [0.717, 1.165) is 11.1 Å². The number of aromatic nitrogens is 2. The van der Waals surface area contributed by atoms with Crippen LogP contribution in [0.15, 0.2) is 36.7 Å². The Hall–Kier alpha value is -2.23. The van der Waals surface area contributed by atoms with E-state index in [2.05, 4.69) is 30.7 Å². The Bertz CT molecular complexity index is 598. The van der Waals surface area contributed by atoms with Gasteiger partial charge in [-0.05, 0) is 23.1 Å². The number of hydrogen-bond donors (Lipinski definition) is 1. The van der Waals surface area contributed by atoms with Crippen LogP contribution in [0.5, 0.6) is 0 Å². The van der Waals surface area contributed by atoms with Crippen LogP contribution in [0.2, 0.25) is 0 Å². The van der Waals surface area contributed by atoms with E-state index >= 15 is 0 Å². The zero-order valence-corrected chi connectivity index (χ0v) is 11.3. The maximum Gasteiger partial charge on any atom is 0.248 e. The van der Waals surface area contributed by atoms with Crippen molar-refractivity contribution in [1.82, 2.24) is 9.97 Å². The molecule has 2 aromatic rings. The van der Waals surface area contributed by atoms with Crippen LogP contribution >= 0.6 is 0 Å². The second-order valence-electron chi connectivity index (χ2n) is 5.49. The highest BCUT2D eigenvalue weighted by Gasteiger charge is 2.14. The molecule has 0 saturated heterocycles. The predicted octanol–water partition coefficient (Wildman–Crippen LogP) is 2.54. The summed E-state index contributed by atoms with van der Waals surface area (Å²) in [4.78, 5) is 19.9. The zero-order chi connectivity index (χ0) is 14.0. The molecule has 1 aromatic carbocycles. The van der Waals surface area contributed by atoms with E-state index in [1.165, 1.54) is 0 Å². The Morgan fingerprint density at radius 1 is 1.16 bits per heavy atom. The summed E-state index contributed by atoms with van der Waals surface area (Å²) in [6.45, 7) is 6.33. The summed E-state index contributed by atoms with van der Waals surface area (Å²) in [6, 6.07) is 7.01. The van der Waals surface area contributed by atoms with Crippen molar-refractivity contribution >= 4 is 5.91 Å². The molecule has 2 N–H and O–H groups in total. The fourth-order valence-electron chi connectivity index (χ4n) is 1.68. The molecule has 4 nitrogen and oxygen atoms in total. The van der Waals surface area contributed by atoms with Crippen molar-refractivity contribution in [3.8, 4) is 11.4 Å². The van der Waals surface area contributed by atoms with Gasteiger partial charge < -0.3 is 5.73 Å². The number of hydrogen-bond acceptors (Lipinski definition) is 3. The Kier molecular flexibility index (Phi) is 3.34. The minimum absolute atomic E-state index is 0.0214. The monoisotopic (exact) mass is 255 g/mol. The molecule has 0 saturated carbocycles. The standard InChI is InChI=1S/C15H17N3O/c1-15(2,3)12-8-17-14(18-9-12)11-6-4-5-10(7-11)13(16)19/h4-9H,1-3H3,(H2,16,19). The molecule has 0 aliphatic heterocycles. The quantitative estimate of drug-likeness (QED) is 0.896. The third-order valence-electron chi connectivity index (χ3n) is 2.92. The van der Waals surface area contributed by atoms with E-state index in [1.807, 2.05) is 18.5 Å². The topological polar surface area (TPSA) is 68.9 Å². The first-order valence-corrected chi connectivity index (χ1v) is 6.11. The van der Waals surface area contributed by atoms with Gasteiger partial charge in [0.05, 0.1) is 0 Å². The summed E-state index contributed by atoms with van der Waals surface area (Å²) < 4.78 is 0. The van der Waals surface area contributed by atoms with Crippen LogP contribution in [0.1, 0.15) is 36.7 Å². The predicted molar refractivity (Wildman–Crippen MR) is 74.7 cm³/mol. The summed E-state index contributed by atoms with van der Waals surface area (Å²) in [5, 5.41) is 0. The van der Waals surface area contributed by atoms with Crippen molar-refractivity contribution in [2.24, 2.45) is 5.73 Å². The molecule has 1 amide bonds. The van der Waals surface area contributed by atoms with Crippen LogP contribution in [0, 0.1) is 0 Å². The van der Waals surface area contributed by atoms with Crippen LogP contribution in [0.4, 0.5) is 0 Å². The van der Waals surface area contributed by atoms with Gasteiger partial charge in [0.25, 0.3) is 0 Å². The minimum Gasteiger partial charge on any atom is -0.366 e. The number of nitrogens with zero attached hydrogens (tertiary/aromatic N) is 2. The highest BCUT2D eigenvalue weighted by molar-refractivity contribution is 5.93. The van der Waals surface area contributed by atoms with Crippen LogP contribution in [0.25, 0.3) is 11.4 Å². The largest absolute Gasteiger partial charge is 0.366 e. The lowest BCUT2D eigenvalue weighted by Crippen LogP contribution is -2.12. The summed E-state index contributed by atoms with van der Waals surface area (Å²) in [7, 11) is 0. The van der Waals surface area contributed by atoms with E-state index in [9.17, 15) is 4.79 Å². The molecule has 0 radical (unpaired) electrons. The molecule has 0 spiro atoms. The molecular weight excluding hydrogens is 238 g/mol. The van der Waals surface area contributed by atoms with Gasteiger partial charge in [-0.1, -0.05) is 32.9 Å². The van der Waals surface area contributed by atoms with Crippen LogP contribution in [-0.2, 0) is 5.41 Å². The molecule has 4 heteroatoms. The molecular formula is C15H17N3O. The summed E-state index contributed by atoms with van der Waals surface area (Å²) in [5.74, 6) is 0.143. The normalized spacial score (nSPS) is 11.3. The van der Waals surface area contributed by atoms with Crippen molar-refractivity contribution in [2.45, 2.75) is 26.2 Å². The van der Waals surface area contributed by atoms with Crippen molar-refractivity contribution in [2.75, 3.05) is 0 Å². The first kappa shape index (κ1) is 13.2. The molecule has 0 bridgehead atoms. The second-order valence-corrected chi connectivity index (χ2v) is 5.49. The van der Waals surface area contributed by atoms with Crippen molar-refractivity contribution in [1.29, 1.82) is 0 Å². The molecule has 98 valence electrons. The number of carbonyl (C=O) groups excluding carboxylic acids is 1. The van der Waals surface area contributed by atoms with Crippen molar-refractivity contribution in [3.05, 3.63) is 47.8 Å². The number of amides is 1. The lowest BCUT2D eigenvalue weighted by molar-refractivity contribution is 0.100. The van der Waals surface area contributed by atoms with Gasteiger partial charge in [0, 0.05) is 23.5 Å². The molecule has 0 aliphatic rings. The number of primary amides is 1. The summed E-state index contributed by atoms with van der Waals surface area (Å²) in [6.07, 6.45) is 3.64. The van der Waals surface area contributed by atoms with E-state index in [-0.39, 0.29) is 5.41 Å². The molecule has 1 aromatic heterocycles. The molecule has 1 heterocycles. The molecule has 0 unspecified atom stereocenters. The van der Waals surface area contributed by atoms with E-state index in [4.69, 9.17) is 5.73 Å². The lowest BCUT2D eigenvalue weighted by atomic mass is 9.89. The first-order valence-electron chi connectivity index (χ1n) is 6.11. The third-order valence-corrected chi connectivity index (χ3v) is 2.92. The third kappa shape index (κ3) is 2.96. The van der Waals surface area contributed by atoms with E-state index < -0.39 is 5.91 Å². The van der Waals surface area contributed by atoms with Crippen molar-refractivity contribution < 1.29 is 4.79 Å².